The maximum Gasteiger partial charge on any atom is 0.230 e. The van der Waals surface area contributed by atoms with E-state index in [1.165, 1.54) is 11.3 Å². The Balaban J connectivity index is 1.64. The number of nitriles is 1. The predicted molar refractivity (Wildman–Crippen MR) is 88.8 cm³/mol. The van der Waals surface area contributed by atoms with E-state index in [0.29, 0.717) is 11.3 Å². The Morgan fingerprint density at radius 1 is 1.26 bits per heavy atom. The minimum Gasteiger partial charge on any atom is -0.326 e. The second-order valence-electron chi connectivity index (χ2n) is 4.80. The highest BCUT2D eigenvalue weighted by Gasteiger charge is 2.09. The van der Waals surface area contributed by atoms with Crippen molar-refractivity contribution in [2.24, 2.45) is 0 Å². The maximum absolute atomic E-state index is 12.1. The van der Waals surface area contributed by atoms with Gasteiger partial charge in [-0.05, 0) is 36.4 Å². The molecule has 0 aliphatic rings. The zero-order valence-corrected chi connectivity index (χ0v) is 12.9. The summed E-state index contributed by atoms with van der Waals surface area (Å²) in [6.45, 7) is 0. The van der Waals surface area contributed by atoms with Gasteiger partial charge in [0.15, 0.2) is 0 Å². The number of nitrogens with zero attached hydrogens (tertiary/aromatic N) is 3. The number of anilines is 1. The Labute approximate surface area is 137 Å². The zero-order valence-electron chi connectivity index (χ0n) is 12.1. The number of hydrogen-bond donors (Lipinski definition) is 1. The average molecular weight is 320 g/mol. The van der Waals surface area contributed by atoms with Gasteiger partial charge in [-0.3, -0.25) is 9.78 Å². The largest absolute Gasteiger partial charge is 0.326 e. The predicted octanol–water partition coefficient (Wildman–Crippen LogP) is 3.26. The fourth-order valence-electron chi connectivity index (χ4n) is 2.01. The number of hydrogen-bond acceptors (Lipinski definition) is 5. The molecule has 0 aliphatic heterocycles. The van der Waals surface area contributed by atoms with Crippen LogP contribution < -0.4 is 5.32 Å². The molecule has 0 atom stereocenters. The van der Waals surface area contributed by atoms with Crippen LogP contribution in [0.15, 0.2) is 54.2 Å². The number of carbonyl (C=O) groups is 1. The molecule has 0 radical (unpaired) electrons. The van der Waals surface area contributed by atoms with Crippen molar-refractivity contribution < 1.29 is 4.79 Å². The van der Waals surface area contributed by atoms with Gasteiger partial charge in [-0.15, -0.1) is 11.3 Å². The molecule has 1 aromatic carbocycles. The van der Waals surface area contributed by atoms with Crippen LogP contribution in [0.2, 0.25) is 0 Å². The minimum absolute atomic E-state index is 0.141. The van der Waals surface area contributed by atoms with Crippen molar-refractivity contribution in [3.8, 4) is 16.6 Å². The lowest BCUT2D eigenvalue weighted by Gasteiger charge is -2.03. The van der Waals surface area contributed by atoms with Crippen molar-refractivity contribution in [1.29, 1.82) is 5.26 Å². The van der Waals surface area contributed by atoms with Gasteiger partial charge in [0.1, 0.15) is 5.01 Å². The third kappa shape index (κ3) is 3.78. The van der Waals surface area contributed by atoms with Crippen molar-refractivity contribution in [3.63, 3.8) is 0 Å². The van der Waals surface area contributed by atoms with E-state index in [-0.39, 0.29) is 12.3 Å². The Hall–Kier alpha value is -3.04. The maximum atomic E-state index is 12.1. The van der Waals surface area contributed by atoms with Crippen LogP contribution in [0.3, 0.4) is 0 Å². The lowest BCUT2D eigenvalue weighted by atomic mass is 10.2. The summed E-state index contributed by atoms with van der Waals surface area (Å²) >= 11 is 1.49. The van der Waals surface area contributed by atoms with Crippen LogP contribution in [0.1, 0.15) is 11.3 Å². The van der Waals surface area contributed by atoms with Crippen LogP contribution in [-0.4, -0.2) is 15.9 Å². The van der Waals surface area contributed by atoms with Crippen LogP contribution in [0, 0.1) is 11.3 Å². The molecular weight excluding hydrogens is 308 g/mol. The smallest absolute Gasteiger partial charge is 0.230 e. The highest BCUT2D eigenvalue weighted by molar-refractivity contribution is 7.13. The van der Waals surface area contributed by atoms with Crippen molar-refractivity contribution in [2.75, 3.05) is 5.32 Å². The summed E-state index contributed by atoms with van der Waals surface area (Å²) < 4.78 is 0. The first-order valence-corrected chi connectivity index (χ1v) is 7.77. The highest BCUT2D eigenvalue weighted by Crippen LogP contribution is 2.23. The van der Waals surface area contributed by atoms with Crippen molar-refractivity contribution in [2.45, 2.75) is 6.42 Å². The summed E-state index contributed by atoms with van der Waals surface area (Å²) in [6.07, 6.45) is 3.67. The zero-order chi connectivity index (χ0) is 16.1. The van der Waals surface area contributed by atoms with Gasteiger partial charge < -0.3 is 5.32 Å². The molecule has 0 bridgehead atoms. The summed E-state index contributed by atoms with van der Waals surface area (Å²) in [5.41, 5.74) is 2.89. The molecule has 0 saturated carbocycles. The topological polar surface area (TPSA) is 78.7 Å². The van der Waals surface area contributed by atoms with E-state index in [1.54, 1.807) is 36.7 Å². The summed E-state index contributed by atoms with van der Waals surface area (Å²) in [7, 11) is 0. The van der Waals surface area contributed by atoms with Crippen molar-refractivity contribution >= 4 is 22.9 Å². The Bertz CT molecular complexity index is 850. The first-order valence-electron chi connectivity index (χ1n) is 6.89. The molecule has 0 unspecified atom stereocenters. The normalized spacial score (nSPS) is 10.0. The van der Waals surface area contributed by atoms with E-state index < -0.39 is 0 Å². The molecule has 112 valence electrons. The van der Waals surface area contributed by atoms with Crippen molar-refractivity contribution in [3.05, 3.63) is 65.4 Å². The minimum atomic E-state index is -0.141. The quantitative estimate of drug-likeness (QED) is 0.800. The third-order valence-electron chi connectivity index (χ3n) is 3.10. The van der Waals surface area contributed by atoms with E-state index >= 15 is 0 Å². The summed E-state index contributed by atoms with van der Waals surface area (Å²) in [6, 6.07) is 12.6. The Kier molecular flexibility index (Phi) is 4.41. The number of benzene rings is 1. The summed E-state index contributed by atoms with van der Waals surface area (Å²) in [4.78, 5) is 20.6. The molecule has 6 heteroatoms. The standard InChI is InChI=1S/C17H12N4OS/c18-9-12-3-5-14(6-4-12)20-16(22)8-15-11-23-17(21-15)13-2-1-7-19-10-13/h1-7,10-11H,8H2,(H,20,22). The monoisotopic (exact) mass is 320 g/mol. The third-order valence-corrected chi connectivity index (χ3v) is 4.04. The number of amides is 1. The van der Waals surface area contributed by atoms with Crippen LogP contribution in [0.4, 0.5) is 5.69 Å². The summed E-state index contributed by atoms with van der Waals surface area (Å²) in [5.74, 6) is -0.141. The van der Waals surface area contributed by atoms with Gasteiger partial charge >= 0.3 is 0 Å². The second-order valence-corrected chi connectivity index (χ2v) is 5.66. The van der Waals surface area contributed by atoms with Crippen molar-refractivity contribution in [1.82, 2.24) is 9.97 Å². The van der Waals surface area contributed by atoms with Gasteiger partial charge in [0.25, 0.3) is 0 Å². The second kappa shape index (κ2) is 6.81. The molecule has 23 heavy (non-hydrogen) atoms. The first-order chi connectivity index (χ1) is 11.2. The Morgan fingerprint density at radius 3 is 2.78 bits per heavy atom. The molecule has 0 aliphatic carbocycles. The van der Waals surface area contributed by atoms with E-state index in [1.807, 2.05) is 23.6 Å². The number of nitrogens with one attached hydrogen (secondary N) is 1. The summed E-state index contributed by atoms with van der Waals surface area (Å²) in [5, 5.41) is 14.3. The molecule has 0 spiro atoms. The van der Waals surface area contributed by atoms with Crippen LogP contribution in [-0.2, 0) is 11.2 Å². The molecular formula is C17H12N4OS. The van der Waals surface area contributed by atoms with E-state index in [0.717, 1.165) is 16.3 Å². The molecule has 0 saturated heterocycles. The molecule has 3 aromatic rings. The first kappa shape index (κ1) is 14.9. The molecule has 1 N–H and O–H groups in total. The highest BCUT2D eigenvalue weighted by atomic mass is 32.1. The van der Waals surface area contributed by atoms with Crippen LogP contribution in [0.25, 0.3) is 10.6 Å². The van der Waals surface area contributed by atoms with Crippen LogP contribution >= 0.6 is 11.3 Å². The van der Waals surface area contributed by atoms with Gasteiger partial charge in [0, 0.05) is 29.0 Å². The van der Waals surface area contributed by atoms with Gasteiger partial charge in [0.2, 0.25) is 5.91 Å². The van der Waals surface area contributed by atoms with Gasteiger partial charge in [-0.1, -0.05) is 0 Å². The average Bonchev–Trinajstić information content (AvgIpc) is 3.04. The van der Waals surface area contributed by atoms with Crippen LogP contribution in [0.5, 0.6) is 0 Å². The van der Waals surface area contributed by atoms with E-state index in [9.17, 15) is 4.79 Å². The Morgan fingerprint density at radius 2 is 2.09 bits per heavy atom. The molecule has 2 aromatic heterocycles. The number of aromatic nitrogens is 2. The lowest BCUT2D eigenvalue weighted by Crippen LogP contribution is -2.14. The molecule has 3 rings (SSSR count). The molecule has 5 nitrogen and oxygen atoms in total. The van der Waals surface area contributed by atoms with Gasteiger partial charge in [-0.25, -0.2) is 4.98 Å². The fraction of sp³-hybridized carbons (Fsp3) is 0.0588. The van der Waals surface area contributed by atoms with E-state index in [2.05, 4.69) is 15.3 Å². The molecule has 0 fully saturated rings. The van der Waals surface area contributed by atoms with E-state index in [4.69, 9.17) is 5.26 Å². The lowest BCUT2D eigenvalue weighted by molar-refractivity contribution is -0.115. The van der Waals surface area contributed by atoms with Gasteiger partial charge in [-0.2, -0.15) is 5.26 Å². The van der Waals surface area contributed by atoms with Gasteiger partial charge in [0.05, 0.1) is 23.7 Å². The molecule has 2 heterocycles. The number of pyridine rings is 1. The number of thiazole rings is 1. The fourth-order valence-corrected chi connectivity index (χ4v) is 2.82. The number of rotatable bonds is 4. The SMILES string of the molecule is N#Cc1ccc(NC(=O)Cc2csc(-c3cccnc3)n2)cc1. The molecule has 1 amide bonds. The number of carbonyl (C=O) groups excluding carboxylic acids is 1.